The molecule has 0 radical (unpaired) electrons. The molecule has 1 aromatic carbocycles. The summed E-state index contributed by atoms with van der Waals surface area (Å²) in [5.41, 5.74) is -1.18. The summed E-state index contributed by atoms with van der Waals surface area (Å²) in [5.74, 6) is -1.44. The number of morpholine rings is 1. The Balaban J connectivity index is 2.46. The van der Waals surface area contributed by atoms with Crippen LogP contribution in [0.3, 0.4) is 0 Å². The molecule has 1 heterocycles. The summed E-state index contributed by atoms with van der Waals surface area (Å²) in [6.07, 6.45) is -4.34. The van der Waals surface area contributed by atoms with Crippen LogP contribution in [0, 0.1) is 0 Å². The summed E-state index contributed by atoms with van der Waals surface area (Å²) >= 11 is 0. The highest BCUT2D eigenvalue weighted by Crippen LogP contribution is 2.33. The molecule has 21 heavy (non-hydrogen) atoms. The van der Waals surface area contributed by atoms with E-state index in [-0.39, 0.29) is 37.3 Å². The van der Waals surface area contributed by atoms with Crippen molar-refractivity contribution in [2.45, 2.75) is 12.2 Å². The van der Waals surface area contributed by atoms with Crippen molar-refractivity contribution in [3.05, 3.63) is 29.3 Å². The molecule has 2 rings (SSSR count). The average Bonchev–Trinajstić information content (AvgIpc) is 2.45. The number of ether oxygens (including phenoxy) is 1. The van der Waals surface area contributed by atoms with Gasteiger partial charge in [0.05, 0.1) is 30.8 Å². The van der Waals surface area contributed by atoms with Gasteiger partial charge < -0.3 is 19.5 Å². The maximum Gasteiger partial charge on any atom is 0.416 e. The fourth-order valence-electron chi connectivity index (χ4n) is 2.14. The molecule has 1 aromatic rings. The standard InChI is InChI=1S/C13H12F3NO4/c14-13(15,16)9-3-8(6-18)4-10(5-9)17-1-2-21-7-11(17)12(19)20/h3-6,11H,1-2,7H2,(H,19,20)/p-1. The predicted molar refractivity (Wildman–Crippen MR) is 63.8 cm³/mol. The topological polar surface area (TPSA) is 69.7 Å². The Kier molecular flexibility index (Phi) is 4.17. The van der Waals surface area contributed by atoms with Gasteiger partial charge in [-0.25, -0.2) is 0 Å². The van der Waals surface area contributed by atoms with Crippen LogP contribution in [-0.2, 0) is 15.7 Å². The van der Waals surface area contributed by atoms with Gasteiger partial charge in [0, 0.05) is 17.8 Å². The van der Waals surface area contributed by atoms with Crippen LogP contribution in [0.25, 0.3) is 0 Å². The molecule has 0 amide bonds. The zero-order valence-corrected chi connectivity index (χ0v) is 10.7. The fraction of sp³-hybridized carbons (Fsp3) is 0.385. The van der Waals surface area contributed by atoms with Gasteiger partial charge in [-0.15, -0.1) is 0 Å². The smallest absolute Gasteiger partial charge is 0.416 e. The number of anilines is 1. The highest BCUT2D eigenvalue weighted by atomic mass is 19.4. The highest BCUT2D eigenvalue weighted by Gasteiger charge is 2.33. The molecule has 0 aliphatic carbocycles. The SMILES string of the molecule is O=Cc1cc(N2CCOCC2C(=O)[O-])cc(C(F)(F)F)c1. The van der Waals surface area contributed by atoms with Crippen LogP contribution in [-0.4, -0.2) is 38.1 Å². The Morgan fingerprint density at radius 1 is 1.38 bits per heavy atom. The number of alkyl halides is 3. The molecule has 1 atom stereocenters. The lowest BCUT2D eigenvalue weighted by Crippen LogP contribution is -2.55. The largest absolute Gasteiger partial charge is 0.548 e. The molecule has 114 valence electrons. The van der Waals surface area contributed by atoms with Gasteiger partial charge in [0.1, 0.15) is 6.29 Å². The Morgan fingerprint density at radius 2 is 2.10 bits per heavy atom. The molecule has 1 fully saturated rings. The number of nitrogens with zero attached hydrogens (tertiary/aromatic N) is 1. The first-order valence-corrected chi connectivity index (χ1v) is 6.05. The third kappa shape index (κ3) is 3.33. The van der Waals surface area contributed by atoms with Crippen LogP contribution in [0.1, 0.15) is 15.9 Å². The van der Waals surface area contributed by atoms with E-state index in [9.17, 15) is 27.9 Å². The summed E-state index contributed by atoms with van der Waals surface area (Å²) < 4.78 is 43.5. The Labute approximate surface area is 117 Å². The highest BCUT2D eigenvalue weighted by molar-refractivity contribution is 5.81. The number of carbonyl (C=O) groups is 2. The zero-order chi connectivity index (χ0) is 15.6. The van der Waals surface area contributed by atoms with Gasteiger partial charge in [-0.2, -0.15) is 13.2 Å². The molecule has 8 heteroatoms. The lowest BCUT2D eigenvalue weighted by Gasteiger charge is -2.38. The van der Waals surface area contributed by atoms with Crippen molar-refractivity contribution in [1.29, 1.82) is 0 Å². The first-order chi connectivity index (χ1) is 9.82. The number of aldehydes is 1. The number of carbonyl (C=O) groups excluding carboxylic acids is 2. The van der Waals surface area contributed by atoms with Crippen molar-refractivity contribution in [3.8, 4) is 0 Å². The van der Waals surface area contributed by atoms with Crippen LogP contribution in [0.5, 0.6) is 0 Å². The average molecular weight is 302 g/mol. The molecular weight excluding hydrogens is 291 g/mol. The van der Waals surface area contributed by atoms with Crippen LogP contribution >= 0.6 is 0 Å². The van der Waals surface area contributed by atoms with Gasteiger partial charge >= 0.3 is 6.18 Å². The van der Waals surface area contributed by atoms with Gasteiger partial charge in [-0.3, -0.25) is 4.79 Å². The Morgan fingerprint density at radius 3 is 2.67 bits per heavy atom. The third-order valence-electron chi connectivity index (χ3n) is 3.14. The van der Waals surface area contributed by atoms with Gasteiger partial charge in [0.15, 0.2) is 0 Å². The van der Waals surface area contributed by atoms with Crippen molar-refractivity contribution < 1.29 is 32.6 Å². The lowest BCUT2D eigenvalue weighted by atomic mass is 10.1. The second-order valence-corrected chi connectivity index (χ2v) is 4.53. The predicted octanol–water partition coefficient (Wildman–Crippen LogP) is 0.473. The van der Waals surface area contributed by atoms with Crippen molar-refractivity contribution >= 4 is 17.9 Å². The van der Waals surface area contributed by atoms with E-state index in [1.807, 2.05) is 0 Å². The number of hydrogen-bond acceptors (Lipinski definition) is 5. The van der Waals surface area contributed by atoms with Crippen molar-refractivity contribution in [2.75, 3.05) is 24.7 Å². The second kappa shape index (κ2) is 5.72. The Hall–Kier alpha value is -2.09. The van der Waals surface area contributed by atoms with E-state index in [1.54, 1.807) is 0 Å². The number of benzene rings is 1. The van der Waals surface area contributed by atoms with E-state index >= 15 is 0 Å². The quantitative estimate of drug-likeness (QED) is 0.759. The van der Waals surface area contributed by atoms with Crippen LogP contribution in [0.2, 0.25) is 0 Å². The first-order valence-electron chi connectivity index (χ1n) is 6.05. The van der Waals surface area contributed by atoms with Crippen molar-refractivity contribution in [2.24, 2.45) is 0 Å². The first kappa shape index (κ1) is 15.3. The van der Waals surface area contributed by atoms with E-state index in [0.29, 0.717) is 6.07 Å². The Bertz CT molecular complexity index is 559. The molecule has 0 saturated carbocycles. The maximum atomic E-state index is 12.8. The van der Waals surface area contributed by atoms with Crippen molar-refractivity contribution in [1.82, 2.24) is 0 Å². The maximum absolute atomic E-state index is 12.8. The van der Waals surface area contributed by atoms with Gasteiger partial charge in [0.2, 0.25) is 0 Å². The molecular formula is C13H11F3NO4-. The summed E-state index contributed by atoms with van der Waals surface area (Å²) in [4.78, 5) is 23.1. The third-order valence-corrected chi connectivity index (χ3v) is 3.14. The summed E-state index contributed by atoms with van der Waals surface area (Å²) in [6.45, 7) is 0.0870. The van der Waals surface area contributed by atoms with E-state index in [0.717, 1.165) is 6.07 Å². The molecule has 1 unspecified atom stereocenters. The summed E-state index contributed by atoms with van der Waals surface area (Å²) in [6, 6.07) is 1.55. The van der Waals surface area contributed by atoms with E-state index in [1.165, 1.54) is 11.0 Å². The van der Waals surface area contributed by atoms with Gasteiger partial charge in [-0.05, 0) is 18.2 Å². The number of rotatable bonds is 3. The minimum atomic E-state index is -4.63. The minimum Gasteiger partial charge on any atom is -0.548 e. The second-order valence-electron chi connectivity index (χ2n) is 4.53. The summed E-state index contributed by atoms with van der Waals surface area (Å²) in [7, 11) is 0. The summed E-state index contributed by atoms with van der Waals surface area (Å²) in [5, 5.41) is 11.0. The fourth-order valence-corrected chi connectivity index (χ4v) is 2.14. The van der Waals surface area contributed by atoms with E-state index in [2.05, 4.69) is 0 Å². The number of hydrogen-bond donors (Lipinski definition) is 0. The zero-order valence-electron chi connectivity index (χ0n) is 10.7. The molecule has 1 aliphatic rings. The van der Waals surface area contributed by atoms with E-state index in [4.69, 9.17) is 4.74 Å². The molecule has 1 saturated heterocycles. The molecule has 5 nitrogen and oxygen atoms in total. The molecule has 1 aliphatic heterocycles. The van der Waals surface area contributed by atoms with Gasteiger partial charge in [-0.1, -0.05) is 0 Å². The number of aliphatic carboxylic acids is 1. The monoisotopic (exact) mass is 302 g/mol. The van der Waals surface area contributed by atoms with Crippen molar-refractivity contribution in [3.63, 3.8) is 0 Å². The van der Waals surface area contributed by atoms with Crippen LogP contribution in [0.15, 0.2) is 18.2 Å². The number of carboxylic acids is 1. The van der Waals surface area contributed by atoms with Gasteiger partial charge in [0.25, 0.3) is 0 Å². The normalized spacial score (nSPS) is 19.4. The number of carboxylic acid groups (broad SMARTS) is 1. The minimum absolute atomic E-state index is 0.00410. The lowest BCUT2D eigenvalue weighted by molar-refractivity contribution is -0.309. The number of halogens is 3. The van der Waals surface area contributed by atoms with E-state index < -0.39 is 23.8 Å². The van der Waals surface area contributed by atoms with Crippen LogP contribution < -0.4 is 10.0 Å². The van der Waals surface area contributed by atoms with Crippen LogP contribution in [0.4, 0.5) is 18.9 Å². The molecule has 0 aromatic heterocycles. The molecule has 0 N–H and O–H groups in total. The molecule has 0 bridgehead atoms. The molecule has 0 spiro atoms.